The standard InChI is InChI=1S/C9H5Br2NO2/c10-3-5-1-6(9(13)14)7(4-12)8(11)2-5/h1-2H,3H2,(H,13,14). The number of carboxylic acids is 1. The maximum Gasteiger partial charge on any atom is 0.337 e. The number of hydrogen-bond acceptors (Lipinski definition) is 2. The molecule has 0 aliphatic heterocycles. The molecule has 0 unspecified atom stereocenters. The highest BCUT2D eigenvalue weighted by Crippen LogP contribution is 2.23. The zero-order valence-electron chi connectivity index (χ0n) is 6.92. The molecule has 0 aliphatic rings. The van der Waals surface area contributed by atoms with Gasteiger partial charge in [0.2, 0.25) is 0 Å². The van der Waals surface area contributed by atoms with E-state index < -0.39 is 5.97 Å². The highest BCUT2D eigenvalue weighted by molar-refractivity contribution is 9.10. The maximum atomic E-state index is 10.8. The number of rotatable bonds is 2. The smallest absolute Gasteiger partial charge is 0.337 e. The molecule has 0 atom stereocenters. The van der Waals surface area contributed by atoms with E-state index in [1.165, 1.54) is 6.07 Å². The van der Waals surface area contributed by atoms with Crippen LogP contribution in [0.5, 0.6) is 0 Å². The Hall–Kier alpha value is -0.860. The number of nitriles is 1. The molecule has 0 saturated carbocycles. The van der Waals surface area contributed by atoms with Crippen LogP contribution in [0.25, 0.3) is 0 Å². The Morgan fingerprint density at radius 2 is 2.21 bits per heavy atom. The Balaban J connectivity index is 3.45. The van der Waals surface area contributed by atoms with Crippen LogP contribution in [0.4, 0.5) is 0 Å². The van der Waals surface area contributed by atoms with E-state index in [4.69, 9.17) is 10.4 Å². The lowest BCUT2D eigenvalue weighted by molar-refractivity contribution is 0.0696. The molecule has 0 fully saturated rings. The third-order valence-electron chi connectivity index (χ3n) is 1.65. The van der Waals surface area contributed by atoms with E-state index >= 15 is 0 Å². The molecular weight excluding hydrogens is 314 g/mol. The summed E-state index contributed by atoms with van der Waals surface area (Å²) in [5, 5.41) is 18.2. The number of hydrogen-bond donors (Lipinski definition) is 1. The first-order valence-electron chi connectivity index (χ1n) is 3.62. The summed E-state index contributed by atoms with van der Waals surface area (Å²) in [6, 6.07) is 5.06. The lowest BCUT2D eigenvalue weighted by atomic mass is 10.1. The van der Waals surface area contributed by atoms with Crippen molar-refractivity contribution < 1.29 is 9.90 Å². The lowest BCUT2D eigenvalue weighted by Gasteiger charge is -2.03. The van der Waals surface area contributed by atoms with Gasteiger partial charge in [-0.2, -0.15) is 5.26 Å². The van der Waals surface area contributed by atoms with Gasteiger partial charge >= 0.3 is 5.97 Å². The molecule has 1 aromatic rings. The van der Waals surface area contributed by atoms with Crippen molar-refractivity contribution in [2.24, 2.45) is 0 Å². The molecule has 0 aromatic heterocycles. The first-order chi connectivity index (χ1) is 6.60. The third kappa shape index (κ3) is 2.14. The highest BCUT2D eigenvalue weighted by Gasteiger charge is 2.14. The third-order valence-corrected chi connectivity index (χ3v) is 2.92. The maximum absolute atomic E-state index is 10.8. The fourth-order valence-electron chi connectivity index (χ4n) is 1.02. The van der Waals surface area contributed by atoms with Crippen LogP contribution in [0.2, 0.25) is 0 Å². The highest BCUT2D eigenvalue weighted by atomic mass is 79.9. The average Bonchev–Trinajstić information content (AvgIpc) is 2.16. The second kappa shape index (κ2) is 4.58. The van der Waals surface area contributed by atoms with Gasteiger partial charge in [-0.05, 0) is 33.6 Å². The molecule has 0 saturated heterocycles. The van der Waals surface area contributed by atoms with Gasteiger partial charge in [0.25, 0.3) is 0 Å². The molecule has 72 valence electrons. The number of aromatic carboxylic acids is 1. The Kier molecular flexibility index (Phi) is 3.67. The van der Waals surface area contributed by atoms with Gasteiger partial charge < -0.3 is 5.11 Å². The zero-order chi connectivity index (χ0) is 10.7. The quantitative estimate of drug-likeness (QED) is 0.853. The second-order valence-electron chi connectivity index (χ2n) is 2.55. The minimum absolute atomic E-state index is 0.0244. The Bertz CT molecular complexity index is 424. The van der Waals surface area contributed by atoms with Gasteiger partial charge in [-0.15, -0.1) is 0 Å². The molecule has 0 aliphatic carbocycles. The minimum Gasteiger partial charge on any atom is -0.478 e. The number of halogens is 2. The number of carbonyl (C=O) groups is 1. The van der Waals surface area contributed by atoms with Gasteiger partial charge in [0, 0.05) is 9.80 Å². The molecule has 1 aromatic carbocycles. The van der Waals surface area contributed by atoms with Crippen molar-refractivity contribution in [1.82, 2.24) is 0 Å². The van der Waals surface area contributed by atoms with Gasteiger partial charge in [0.15, 0.2) is 0 Å². The monoisotopic (exact) mass is 317 g/mol. The normalized spacial score (nSPS) is 9.50. The van der Waals surface area contributed by atoms with Crippen LogP contribution in [0, 0.1) is 11.3 Å². The summed E-state index contributed by atoms with van der Waals surface area (Å²) in [5.41, 5.74) is 0.992. The van der Waals surface area contributed by atoms with E-state index in [-0.39, 0.29) is 11.1 Å². The first-order valence-corrected chi connectivity index (χ1v) is 5.53. The summed E-state index contributed by atoms with van der Waals surface area (Å²) in [7, 11) is 0. The molecule has 1 N–H and O–H groups in total. The Morgan fingerprint density at radius 1 is 1.57 bits per heavy atom. The topological polar surface area (TPSA) is 61.1 Å². The van der Waals surface area contributed by atoms with Crippen LogP contribution in [-0.2, 0) is 5.33 Å². The number of nitrogens with zero attached hydrogens (tertiary/aromatic N) is 1. The fourth-order valence-corrected chi connectivity index (χ4v) is 1.94. The van der Waals surface area contributed by atoms with E-state index in [1.807, 2.05) is 6.07 Å². The summed E-state index contributed by atoms with van der Waals surface area (Å²) in [4.78, 5) is 10.8. The molecule has 0 radical (unpaired) electrons. The van der Waals surface area contributed by atoms with Crippen LogP contribution in [-0.4, -0.2) is 11.1 Å². The molecule has 0 heterocycles. The second-order valence-corrected chi connectivity index (χ2v) is 3.97. The van der Waals surface area contributed by atoms with E-state index in [0.717, 1.165) is 5.56 Å². The summed E-state index contributed by atoms with van der Waals surface area (Å²) in [6.45, 7) is 0. The van der Waals surface area contributed by atoms with Gasteiger partial charge in [0.1, 0.15) is 6.07 Å². The molecule has 3 nitrogen and oxygen atoms in total. The average molecular weight is 319 g/mol. The van der Waals surface area contributed by atoms with Gasteiger partial charge in [0.05, 0.1) is 11.1 Å². The van der Waals surface area contributed by atoms with Crippen LogP contribution >= 0.6 is 31.9 Å². The molecule has 0 amide bonds. The zero-order valence-corrected chi connectivity index (χ0v) is 10.1. The lowest BCUT2D eigenvalue weighted by Crippen LogP contribution is -2.02. The van der Waals surface area contributed by atoms with Crippen molar-refractivity contribution in [3.8, 4) is 6.07 Å². The van der Waals surface area contributed by atoms with E-state index in [0.29, 0.717) is 9.80 Å². The summed E-state index contributed by atoms with van der Waals surface area (Å²) in [6.07, 6.45) is 0. The number of benzene rings is 1. The van der Waals surface area contributed by atoms with Crippen molar-refractivity contribution >= 4 is 37.8 Å². The Labute approximate surface area is 97.6 Å². The van der Waals surface area contributed by atoms with Gasteiger partial charge in [-0.3, -0.25) is 0 Å². The van der Waals surface area contributed by atoms with Crippen molar-refractivity contribution in [2.75, 3.05) is 0 Å². The van der Waals surface area contributed by atoms with E-state index in [1.54, 1.807) is 6.07 Å². The van der Waals surface area contributed by atoms with Crippen LogP contribution < -0.4 is 0 Å². The molecule has 14 heavy (non-hydrogen) atoms. The van der Waals surface area contributed by atoms with E-state index in [2.05, 4.69) is 31.9 Å². The predicted octanol–water partition coefficient (Wildman–Crippen LogP) is 2.91. The number of carboxylic acid groups (broad SMARTS) is 1. The van der Waals surface area contributed by atoms with Crippen LogP contribution in [0.3, 0.4) is 0 Å². The van der Waals surface area contributed by atoms with Gasteiger partial charge in [-0.1, -0.05) is 15.9 Å². The molecule has 0 bridgehead atoms. The summed E-state index contributed by atoms with van der Waals surface area (Å²) in [5.74, 6) is -1.09. The number of alkyl halides is 1. The molecular formula is C9H5Br2NO2. The van der Waals surface area contributed by atoms with Gasteiger partial charge in [-0.25, -0.2) is 4.79 Å². The van der Waals surface area contributed by atoms with Crippen molar-refractivity contribution in [1.29, 1.82) is 5.26 Å². The first kappa shape index (κ1) is 11.2. The molecule has 1 rings (SSSR count). The molecule has 5 heteroatoms. The van der Waals surface area contributed by atoms with Crippen molar-refractivity contribution in [3.63, 3.8) is 0 Å². The predicted molar refractivity (Wildman–Crippen MR) is 58.4 cm³/mol. The van der Waals surface area contributed by atoms with Crippen molar-refractivity contribution in [3.05, 3.63) is 33.3 Å². The minimum atomic E-state index is -1.09. The SMILES string of the molecule is N#Cc1c(Br)cc(CBr)cc1C(=O)O. The largest absolute Gasteiger partial charge is 0.478 e. The van der Waals surface area contributed by atoms with Crippen molar-refractivity contribution in [2.45, 2.75) is 5.33 Å². The summed E-state index contributed by atoms with van der Waals surface area (Å²) < 4.78 is 0.509. The van der Waals surface area contributed by atoms with Crippen LogP contribution in [0.15, 0.2) is 16.6 Å². The molecule has 0 spiro atoms. The fraction of sp³-hybridized carbons (Fsp3) is 0.111. The summed E-state index contributed by atoms with van der Waals surface area (Å²) >= 11 is 6.39. The van der Waals surface area contributed by atoms with Crippen LogP contribution in [0.1, 0.15) is 21.5 Å². The van der Waals surface area contributed by atoms with E-state index in [9.17, 15) is 4.79 Å². The Morgan fingerprint density at radius 3 is 2.64 bits per heavy atom.